The summed E-state index contributed by atoms with van der Waals surface area (Å²) in [6.07, 6.45) is 6.71. The quantitative estimate of drug-likeness (QED) is 0.625. The maximum absolute atomic E-state index is 13.3. The van der Waals surface area contributed by atoms with Crippen LogP contribution < -0.4 is 15.8 Å². The number of nitrogens with one attached hydrogen (secondary N) is 1. The Kier molecular flexibility index (Phi) is 5.63. The number of guanidine groups is 1. The third kappa shape index (κ3) is 4.55. The summed E-state index contributed by atoms with van der Waals surface area (Å²) < 4.78 is 6.21. The molecule has 4 aliphatic heterocycles. The van der Waals surface area contributed by atoms with Gasteiger partial charge in [-0.3, -0.25) is 14.5 Å². The lowest BCUT2D eigenvalue weighted by Crippen LogP contribution is -2.46. The van der Waals surface area contributed by atoms with Crippen molar-refractivity contribution < 1.29 is 14.3 Å². The molecule has 2 aromatic rings. The Morgan fingerprint density at radius 1 is 1.18 bits per heavy atom. The van der Waals surface area contributed by atoms with Crippen molar-refractivity contribution in [3.05, 3.63) is 70.8 Å². The molecular formula is C27H30N4O3. The monoisotopic (exact) mass is 458 g/mol. The van der Waals surface area contributed by atoms with Gasteiger partial charge in [0.1, 0.15) is 11.4 Å². The minimum atomic E-state index is -0.398. The van der Waals surface area contributed by atoms with E-state index in [2.05, 4.69) is 28.5 Å². The number of carbonyl (C=O) groups excluding carboxylic acids is 2. The van der Waals surface area contributed by atoms with Gasteiger partial charge in [-0.05, 0) is 62.1 Å². The molecule has 6 bridgehead atoms. The second kappa shape index (κ2) is 8.63. The van der Waals surface area contributed by atoms with E-state index in [1.165, 1.54) is 4.90 Å². The zero-order chi connectivity index (χ0) is 23.9. The number of hydrogen-bond donors (Lipinski definition) is 2. The molecular weight excluding hydrogens is 428 g/mol. The second-order valence-electron chi connectivity index (χ2n) is 9.89. The van der Waals surface area contributed by atoms with Gasteiger partial charge in [-0.1, -0.05) is 30.4 Å². The zero-order valence-corrected chi connectivity index (χ0v) is 19.6. The molecule has 0 aliphatic carbocycles. The topological polar surface area (TPSA) is 97.0 Å². The maximum atomic E-state index is 13.3. The fraction of sp³-hybridized carbons (Fsp3) is 0.370. The number of allylic oxidation sites excluding steroid dienone is 1. The van der Waals surface area contributed by atoms with E-state index in [1.807, 2.05) is 44.2 Å². The normalized spacial score (nSPS) is 24.9. The summed E-state index contributed by atoms with van der Waals surface area (Å²) in [5, 5.41) is 3.21. The minimum absolute atomic E-state index is 0.0397. The molecule has 3 N–H and O–H groups in total. The molecule has 0 aromatic heterocycles. The molecule has 2 atom stereocenters. The van der Waals surface area contributed by atoms with E-state index in [9.17, 15) is 9.59 Å². The van der Waals surface area contributed by atoms with Crippen LogP contribution in [-0.4, -0.2) is 34.3 Å². The van der Waals surface area contributed by atoms with Gasteiger partial charge in [0.15, 0.2) is 5.96 Å². The van der Waals surface area contributed by atoms with Crippen LogP contribution in [0.15, 0.2) is 53.5 Å². The summed E-state index contributed by atoms with van der Waals surface area (Å²) in [7, 11) is 0. The number of benzene rings is 2. The van der Waals surface area contributed by atoms with Gasteiger partial charge in [0, 0.05) is 24.0 Å². The number of fused-ring (bicyclic) bond motifs is 4. The summed E-state index contributed by atoms with van der Waals surface area (Å²) in [4.78, 5) is 32.1. The zero-order valence-electron chi connectivity index (χ0n) is 19.6. The van der Waals surface area contributed by atoms with E-state index in [4.69, 9.17) is 10.5 Å². The van der Waals surface area contributed by atoms with Crippen molar-refractivity contribution in [2.24, 2.45) is 10.7 Å². The van der Waals surface area contributed by atoms with Gasteiger partial charge in [-0.25, -0.2) is 4.99 Å². The number of amides is 2. The Bertz CT molecular complexity index is 1200. The summed E-state index contributed by atoms with van der Waals surface area (Å²) in [6.45, 7) is 4.36. The van der Waals surface area contributed by atoms with Gasteiger partial charge in [0.05, 0.1) is 18.6 Å². The van der Waals surface area contributed by atoms with E-state index < -0.39 is 5.60 Å². The van der Waals surface area contributed by atoms with Crippen LogP contribution in [0.4, 0.5) is 0 Å². The summed E-state index contributed by atoms with van der Waals surface area (Å²) >= 11 is 0. The Morgan fingerprint density at radius 3 is 2.85 bits per heavy atom. The Balaban J connectivity index is 1.54. The van der Waals surface area contributed by atoms with Crippen LogP contribution in [0, 0.1) is 0 Å². The van der Waals surface area contributed by atoms with Crippen molar-refractivity contribution in [3.8, 4) is 5.75 Å². The average Bonchev–Trinajstić information content (AvgIpc) is 2.78. The molecule has 176 valence electrons. The highest BCUT2D eigenvalue weighted by atomic mass is 16.5. The summed E-state index contributed by atoms with van der Waals surface area (Å²) in [5.74, 6) is 0.840. The van der Waals surface area contributed by atoms with Crippen LogP contribution in [0.3, 0.4) is 0 Å². The van der Waals surface area contributed by atoms with Crippen molar-refractivity contribution >= 4 is 23.8 Å². The predicted molar refractivity (Wildman–Crippen MR) is 131 cm³/mol. The van der Waals surface area contributed by atoms with Crippen LogP contribution in [0.5, 0.6) is 5.75 Å². The minimum Gasteiger partial charge on any atom is -0.487 e. The van der Waals surface area contributed by atoms with Crippen molar-refractivity contribution in [3.63, 3.8) is 0 Å². The molecule has 2 aromatic carbocycles. The van der Waals surface area contributed by atoms with Crippen LogP contribution in [0.1, 0.15) is 72.6 Å². The molecule has 2 amide bonds. The molecule has 7 heteroatoms. The number of carbonyl (C=O) groups is 2. The number of ether oxygens (including phenoxy) is 1. The molecule has 2 unspecified atom stereocenters. The average molecular weight is 459 g/mol. The van der Waals surface area contributed by atoms with E-state index >= 15 is 0 Å². The van der Waals surface area contributed by atoms with Gasteiger partial charge >= 0.3 is 0 Å². The van der Waals surface area contributed by atoms with Crippen LogP contribution in [0.2, 0.25) is 0 Å². The highest BCUT2D eigenvalue weighted by Crippen LogP contribution is 2.40. The van der Waals surface area contributed by atoms with Crippen LogP contribution >= 0.6 is 0 Å². The molecule has 0 fully saturated rings. The van der Waals surface area contributed by atoms with E-state index in [0.29, 0.717) is 24.9 Å². The van der Waals surface area contributed by atoms with Crippen molar-refractivity contribution in [2.75, 3.05) is 0 Å². The lowest BCUT2D eigenvalue weighted by molar-refractivity contribution is -0.128. The second-order valence-corrected chi connectivity index (χ2v) is 9.89. The van der Waals surface area contributed by atoms with Gasteiger partial charge in [-0.2, -0.15) is 0 Å². The van der Waals surface area contributed by atoms with Gasteiger partial charge in [-0.15, -0.1) is 0 Å². The lowest BCUT2D eigenvalue weighted by Gasteiger charge is -2.38. The Labute approximate surface area is 199 Å². The first-order chi connectivity index (χ1) is 16.3. The molecule has 4 aliphatic rings. The van der Waals surface area contributed by atoms with Crippen molar-refractivity contribution in [2.45, 2.75) is 63.8 Å². The fourth-order valence-electron chi connectivity index (χ4n) is 4.93. The number of nitrogens with zero attached hydrogens (tertiary/aromatic N) is 2. The first-order valence-corrected chi connectivity index (χ1v) is 11.8. The van der Waals surface area contributed by atoms with Crippen LogP contribution in [-0.2, 0) is 11.3 Å². The van der Waals surface area contributed by atoms with Gasteiger partial charge in [0.2, 0.25) is 5.91 Å². The number of aliphatic imine (C=N–C) groups is 1. The molecule has 4 heterocycles. The standard InChI is InChI=1S/C27H30N4O3/c1-27(2)15-22-21-13-17(10-11-23(21)34-27)6-3-4-9-20-14-24(32)31(26(28)29-20)16-18-7-5-8-19(12-18)25(33)30-22/h3,5-8,10-13,20,22H,4,9,14-16H2,1-2H3,(H2,28,29)(H,30,33)/b6-3+. The molecule has 7 nitrogen and oxygen atoms in total. The molecule has 0 saturated carbocycles. The molecule has 0 saturated heterocycles. The number of hydrogen-bond acceptors (Lipinski definition) is 5. The highest BCUT2D eigenvalue weighted by Gasteiger charge is 2.35. The third-order valence-electron chi connectivity index (χ3n) is 6.61. The van der Waals surface area contributed by atoms with E-state index in [0.717, 1.165) is 35.3 Å². The summed E-state index contributed by atoms with van der Waals surface area (Å²) in [6, 6.07) is 13.1. The van der Waals surface area contributed by atoms with Crippen molar-refractivity contribution in [1.82, 2.24) is 10.2 Å². The maximum Gasteiger partial charge on any atom is 0.251 e. The predicted octanol–water partition coefficient (Wildman–Crippen LogP) is 3.94. The van der Waals surface area contributed by atoms with E-state index in [-0.39, 0.29) is 29.9 Å². The Morgan fingerprint density at radius 2 is 2.03 bits per heavy atom. The van der Waals surface area contributed by atoms with Gasteiger partial charge in [0.25, 0.3) is 5.91 Å². The molecule has 0 radical (unpaired) electrons. The van der Waals surface area contributed by atoms with E-state index in [1.54, 1.807) is 6.07 Å². The largest absolute Gasteiger partial charge is 0.487 e. The number of rotatable bonds is 0. The lowest BCUT2D eigenvalue weighted by atomic mass is 9.88. The highest BCUT2D eigenvalue weighted by molar-refractivity contribution is 5.98. The third-order valence-corrected chi connectivity index (χ3v) is 6.61. The molecule has 0 spiro atoms. The fourth-order valence-corrected chi connectivity index (χ4v) is 4.93. The smallest absolute Gasteiger partial charge is 0.251 e. The molecule has 34 heavy (non-hydrogen) atoms. The number of nitrogens with two attached hydrogens (primary N) is 1. The van der Waals surface area contributed by atoms with Crippen molar-refractivity contribution in [1.29, 1.82) is 0 Å². The SMILES string of the molecule is CC1(C)CC2NC(=O)c3cccc(c3)CN3C(=O)CC(CC/C=C/c4ccc(c2c4)O1)N=C3N. The van der Waals surface area contributed by atoms with Gasteiger partial charge < -0.3 is 15.8 Å². The van der Waals surface area contributed by atoms with Crippen LogP contribution in [0.25, 0.3) is 6.08 Å². The Hall–Kier alpha value is -3.61. The summed E-state index contributed by atoms with van der Waals surface area (Å²) in [5.41, 5.74) is 9.16. The molecule has 6 rings (SSSR count). The first kappa shape index (κ1) is 22.2. The first-order valence-electron chi connectivity index (χ1n) is 11.8.